The molecule has 1 amide bonds. The molecule has 1 aliphatic heterocycles. The standard InChI is InChI=1S/C23H17Cl2NO5/c1-12-14(24)5-3-6-16(12)26-20(18-7-4-10-31-18)19(22(28)23(26)29)21(27)13-8-9-17(30-2)15(25)11-13/h3-11,20,27H,1-2H3/b21-19-. The molecular weight excluding hydrogens is 441 g/mol. The number of hydrogen-bond acceptors (Lipinski definition) is 5. The first-order valence-electron chi connectivity index (χ1n) is 9.28. The molecule has 1 atom stereocenters. The van der Waals surface area contributed by atoms with Gasteiger partial charge >= 0.3 is 0 Å². The highest BCUT2D eigenvalue weighted by atomic mass is 35.5. The third kappa shape index (κ3) is 3.48. The van der Waals surface area contributed by atoms with Crippen molar-refractivity contribution in [3.63, 3.8) is 0 Å². The van der Waals surface area contributed by atoms with Crippen LogP contribution in [0.2, 0.25) is 10.0 Å². The summed E-state index contributed by atoms with van der Waals surface area (Å²) in [5.74, 6) is -1.28. The molecule has 1 fully saturated rings. The smallest absolute Gasteiger partial charge is 0.300 e. The van der Waals surface area contributed by atoms with E-state index >= 15 is 0 Å². The van der Waals surface area contributed by atoms with Crippen molar-refractivity contribution in [1.29, 1.82) is 0 Å². The van der Waals surface area contributed by atoms with E-state index in [1.807, 2.05) is 0 Å². The highest BCUT2D eigenvalue weighted by Gasteiger charge is 2.48. The van der Waals surface area contributed by atoms with Crippen LogP contribution in [0.15, 0.2) is 64.8 Å². The predicted octanol–water partition coefficient (Wildman–Crippen LogP) is 5.53. The van der Waals surface area contributed by atoms with E-state index in [0.717, 1.165) is 0 Å². The number of benzene rings is 2. The quantitative estimate of drug-likeness (QED) is 0.316. The minimum Gasteiger partial charge on any atom is -0.507 e. The second kappa shape index (κ2) is 8.13. The summed E-state index contributed by atoms with van der Waals surface area (Å²) in [5.41, 5.74) is 1.22. The maximum Gasteiger partial charge on any atom is 0.300 e. The molecule has 8 heteroatoms. The summed E-state index contributed by atoms with van der Waals surface area (Å²) in [7, 11) is 1.47. The number of methoxy groups -OCH3 is 1. The summed E-state index contributed by atoms with van der Waals surface area (Å²) in [4.78, 5) is 27.5. The molecule has 0 saturated carbocycles. The summed E-state index contributed by atoms with van der Waals surface area (Å²) in [5, 5.41) is 11.8. The average Bonchev–Trinajstić information content (AvgIpc) is 3.37. The highest BCUT2D eigenvalue weighted by molar-refractivity contribution is 6.52. The second-order valence-electron chi connectivity index (χ2n) is 6.92. The molecule has 0 aliphatic carbocycles. The number of halogens is 2. The van der Waals surface area contributed by atoms with Crippen LogP contribution < -0.4 is 9.64 Å². The lowest BCUT2D eigenvalue weighted by molar-refractivity contribution is -0.132. The Morgan fingerprint density at radius 2 is 1.87 bits per heavy atom. The minimum atomic E-state index is -0.979. The SMILES string of the molecule is COc1ccc(/C(O)=C2/C(=O)C(=O)N(c3cccc(Cl)c3C)C2c2ccco2)cc1Cl. The molecule has 1 unspecified atom stereocenters. The number of nitrogens with zero attached hydrogens (tertiary/aromatic N) is 1. The largest absolute Gasteiger partial charge is 0.507 e. The zero-order valence-corrected chi connectivity index (χ0v) is 18.1. The first-order valence-corrected chi connectivity index (χ1v) is 10.0. The number of ketones is 1. The van der Waals surface area contributed by atoms with Gasteiger partial charge in [0.15, 0.2) is 0 Å². The zero-order chi connectivity index (χ0) is 22.3. The van der Waals surface area contributed by atoms with Crippen LogP contribution in [0, 0.1) is 6.92 Å². The number of amides is 1. The Hall–Kier alpha value is -3.22. The fraction of sp³-hybridized carbons (Fsp3) is 0.130. The zero-order valence-electron chi connectivity index (χ0n) is 16.6. The highest BCUT2D eigenvalue weighted by Crippen LogP contribution is 2.44. The summed E-state index contributed by atoms with van der Waals surface area (Å²) in [6.07, 6.45) is 1.44. The number of ether oxygens (including phenoxy) is 1. The molecule has 1 aromatic heterocycles. The van der Waals surface area contributed by atoms with E-state index in [9.17, 15) is 14.7 Å². The second-order valence-corrected chi connectivity index (χ2v) is 7.73. The average molecular weight is 458 g/mol. The number of hydrogen-bond donors (Lipinski definition) is 1. The van der Waals surface area contributed by atoms with Crippen LogP contribution in [0.5, 0.6) is 5.75 Å². The lowest BCUT2D eigenvalue weighted by Gasteiger charge is -2.25. The Bertz CT molecular complexity index is 1220. The van der Waals surface area contributed by atoms with E-state index < -0.39 is 17.7 Å². The first-order chi connectivity index (χ1) is 14.8. The molecule has 4 rings (SSSR count). The molecule has 0 bridgehead atoms. The van der Waals surface area contributed by atoms with E-state index in [2.05, 4.69) is 0 Å². The van der Waals surface area contributed by atoms with Gasteiger partial charge in [-0.3, -0.25) is 14.5 Å². The fourth-order valence-corrected chi connectivity index (χ4v) is 4.05. The Labute approximate surface area is 188 Å². The molecule has 31 heavy (non-hydrogen) atoms. The molecule has 3 aromatic rings. The first kappa shape index (κ1) is 21.0. The Balaban J connectivity index is 1.94. The molecule has 1 saturated heterocycles. The van der Waals surface area contributed by atoms with Gasteiger partial charge in [-0.15, -0.1) is 0 Å². The Morgan fingerprint density at radius 3 is 2.52 bits per heavy atom. The van der Waals surface area contributed by atoms with E-state index in [1.54, 1.807) is 49.4 Å². The van der Waals surface area contributed by atoms with Crippen LogP contribution in [0.4, 0.5) is 5.69 Å². The molecular formula is C23H17Cl2NO5. The molecule has 2 heterocycles. The molecule has 6 nitrogen and oxygen atoms in total. The lowest BCUT2D eigenvalue weighted by Crippen LogP contribution is -2.30. The van der Waals surface area contributed by atoms with Gasteiger partial charge in [-0.2, -0.15) is 0 Å². The van der Waals surface area contributed by atoms with Crippen molar-refractivity contribution in [2.75, 3.05) is 12.0 Å². The van der Waals surface area contributed by atoms with Crippen LogP contribution in [0.25, 0.3) is 5.76 Å². The molecule has 2 aromatic carbocycles. The maximum absolute atomic E-state index is 13.1. The maximum atomic E-state index is 13.1. The molecule has 0 radical (unpaired) electrons. The molecule has 158 valence electrons. The predicted molar refractivity (Wildman–Crippen MR) is 118 cm³/mol. The number of aliphatic hydroxyl groups is 1. The van der Waals surface area contributed by atoms with Crippen molar-refractivity contribution >= 4 is 46.3 Å². The van der Waals surface area contributed by atoms with Crippen LogP contribution in [0.1, 0.15) is 22.9 Å². The molecule has 0 spiro atoms. The van der Waals surface area contributed by atoms with Crippen molar-refractivity contribution in [2.45, 2.75) is 13.0 Å². The van der Waals surface area contributed by atoms with Crippen molar-refractivity contribution in [2.24, 2.45) is 0 Å². The summed E-state index contributed by atoms with van der Waals surface area (Å²) in [6.45, 7) is 1.75. The van der Waals surface area contributed by atoms with Crippen LogP contribution in [0.3, 0.4) is 0 Å². The number of anilines is 1. The summed E-state index contributed by atoms with van der Waals surface area (Å²) < 4.78 is 10.7. The van der Waals surface area contributed by atoms with Gasteiger partial charge in [0, 0.05) is 16.3 Å². The molecule has 1 N–H and O–H groups in total. The third-order valence-corrected chi connectivity index (χ3v) is 5.89. The van der Waals surface area contributed by atoms with Gasteiger partial charge < -0.3 is 14.3 Å². The summed E-state index contributed by atoms with van der Waals surface area (Å²) in [6, 6.07) is 12.0. The van der Waals surface area contributed by atoms with E-state index in [1.165, 1.54) is 24.3 Å². The minimum absolute atomic E-state index is 0.111. The van der Waals surface area contributed by atoms with Crippen molar-refractivity contribution in [3.8, 4) is 5.75 Å². The topological polar surface area (TPSA) is 80.0 Å². The van der Waals surface area contributed by atoms with E-state index in [-0.39, 0.29) is 21.9 Å². The van der Waals surface area contributed by atoms with Gasteiger partial charge in [-0.1, -0.05) is 29.3 Å². The third-order valence-electron chi connectivity index (χ3n) is 5.18. The van der Waals surface area contributed by atoms with Crippen LogP contribution >= 0.6 is 23.2 Å². The fourth-order valence-electron chi connectivity index (χ4n) is 3.62. The van der Waals surface area contributed by atoms with Gasteiger partial charge in [0.2, 0.25) is 0 Å². The van der Waals surface area contributed by atoms with E-state index in [4.69, 9.17) is 32.4 Å². The van der Waals surface area contributed by atoms with Gasteiger partial charge in [0.05, 0.1) is 24.0 Å². The lowest BCUT2D eigenvalue weighted by atomic mass is 9.99. The normalized spacial score (nSPS) is 17.9. The Kier molecular flexibility index (Phi) is 5.52. The van der Waals surface area contributed by atoms with Gasteiger partial charge in [-0.05, 0) is 55.0 Å². The number of rotatable bonds is 4. The van der Waals surface area contributed by atoms with Crippen molar-refractivity contribution in [3.05, 3.63) is 87.3 Å². The number of Topliss-reactive ketones (excluding diaryl/α,β-unsaturated/α-hetero) is 1. The monoisotopic (exact) mass is 457 g/mol. The van der Waals surface area contributed by atoms with Gasteiger partial charge in [-0.25, -0.2) is 0 Å². The number of carbonyl (C=O) groups is 2. The van der Waals surface area contributed by atoms with Crippen molar-refractivity contribution < 1.29 is 23.8 Å². The van der Waals surface area contributed by atoms with Crippen molar-refractivity contribution in [1.82, 2.24) is 0 Å². The number of carbonyl (C=O) groups excluding carboxylic acids is 2. The number of furan rings is 1. The van der Waals surface area contributed by atoms with Gasteiger partial charge in [0.25, 0.3) is 11.7 Å². The van der Waals surface area contributed by atoms with Gasteiger partial charge in [0.1, 0.15) is 23.3 Å². The Morgan fingerprint density at radius 1 is 1.10 bits per heavy atom. The van der Waals surface area contributed by atoms with Crippen LogP contribution in [-0.2, 0) is 9.59 Å². The number of aliphatic hydroxyl groups excluding tert-OH is 1. The summed E-state index contributed by atoms with van der Waals surface area (Å²) >= 11 is 12.4. The molecule has 1 aliphatic rings. The van der Waals surface area contributed by atoms with E-state index in [0.29, 0.717) is 27.8 Å². The van der Waals surface area contributed by atoms with Crippen LogP contribution in [-0.4, -0.2) is 23.9 Å².